The highest BCUT2D eigenvalue weighted by Gasteiger charge is 2.36. The van der Waals surface area contributed by atoms with Gasteiger partial charge in [0.15, 0.2) is 0 Å². The van der Waals surface area contributed by atoms with Crippen LogP contribution in [0, 0.1) is 17.2 Å². The Balaban J connectivity index is 2.27. The van der Waals surface area contributed by atoms with Crippen LogP contribution in [-0.4, -0.2) is 24.8 Å². The molecule has 0 unspecified atom stereocenters. The van der Waals surface area contributed by atoms with E-state index < -0.39 is 0 Å². The summed E-state index contributed by atoms with van der Waals surface area (Å²) in [7, 11) is 1.94. The molecule has 2 rings (SSSR count). The summed E-state index contributed by atoms with van der Waals surface area (Å²) in [5, 5.41) is 8.80. The molecule has 0 amide bonds. The van der Waals surface area contributed by atoms with Crippen molar-refractivity contribution in [2.45, 2.75) is 12.6 Å². The maximum absolute atomic E-state index is 8.80. The molecular formula is C10H12N2O. The van der Waals surface area contributed by atoms with Gasteiger partial charge in [0.05, 0.1) is 12.7 Å². The Labute approximate surface area is 77.9 Å². The van der Waals surface area contributed by atoms with Gasteiger partial charge in [0.1, 0.15) is 6.23 Å². The number of rotatable bonds is 0. The van der Waals surface area contributed by atoms with E-state index in [1.54, 1.807) is 0 Å². The average Bonchev–Trinajstić information content (AvgIpc) is 2.48. The topological polar surface area (TPSA) is 36.3 Å². The third-order valence-electron chi connectivity index (χ3n) is 2.65. The Morgan fingerprint density at radius 2 is 2.54 bits per heavy atom. The molecule has 2 heterocycles. The third kappa shape index (κ3) is 1.24. The first kappa shape index (κ1) is 8.33. The van der Waals surface area contributed by atoms with Crippen LogP contribution in [0.2, 0.25) is 0 Å². The molecule has 0 spiro atoms. The Morgan fingerprint density at radius 3 is 3.23 bits per heavy atom. The fourth-order valence-corrected chi connectivity index (χ4v) is 1.95. The van der Waals surface area contributed by atoms with Crippen LogP contribution in [0.15, 0.2) is 23.9 Å². The van der Waals surface area contributed by atoms with Crippen LogP contribution < -0.4 is 0 Å². The van der Waals surface area contributed by atoms with Crippen LogP contribution in [0.5, 0.6) is 0 Å². The van der Waals surface area contributed by atoms with Crippen LogP contribution in [0.3, 0.4) is 0 Å². The van der Waals surface area contributed by atoms with E-state index in [-0.39, 0.29) is 6.23 Å². The number of allylic oxidation sites excluding steroid dienone is 1. The molecule has 2 atom stereocenters. The molecule has 1 saturated heterocycles. The Bertz CT molecular complexity index is 313. The highest BCUT2D eigenvalue weighted by atomic mass is 16.5. The van der Waals surface area contributed by atoms with Gasteiger partial charge in [0.25, 0.3) is 0 Å². The Morgan fingerprint density at radius 1 is 1.77 bits per heavy atom. The zero-order valence-corrected chi connectivity index (χ0v) is 7.66. The fourth-order valence-electron chi connectivity index (χ4n) is 1.95. The van der Waals surface area contributed by atoms with Crippen molar-refractivity contribution in [1.29, 1.82) is 5.26 Å². The van der Waals surface area contributed by atoms with E-state index in [2.05, 4.69) is 12.6 Å². The van der Waals surface area contributed by atoms with Crippen LogP contribution in [0.1, 0.15) is 6.42 Å². The van der Waals surface area contributed by atoms with E-state index in [9.17, 15) is 0 Å². The molecule has 0 saturated carbocycles. The van der Waals surface area contributed by atoms with Gasteiger partial charge in [0, 0.05) is 24.7 Å². The van der Waals surface area contributed by atoms with E-state index in [1.807, 2.05) is 18.1 Å². The standard InChI is InChI=1S/C10H12N2O/c1-7-6-13-10-9(7)3-8(4-11)5-12(10)2/h5,9-10H,1,3,6H2,2H3/t9-,10+/m0/s1. The number of hydrogen-bond donors (Lipinski definition) is 0. The first-order valence-corrected chi connectivity index (χ1v) is 4.34. The number of ether oxygens (including phenoxy) is 1. The SMILES string of the molecule is C=C1CO[C@@H]2[C@H]1CC(C#N)=CN2C. The summed E-state index contributed by atoms with van der Waals surface area (Å²) in [6.45, 7) is 4.58. The minimum Gasteiger partial charge on any atom is -0.354 e. The van der Waals surface area contributed by atoms with Gasteiger partial charge >= 0.3 is 0 Å². The second-order valence-electron chi connectivity index (χ2n) is 3.60. The van der Waals surface area contributed by atoms with Gasteiger partial charge < -0.3 is 9.64 Å². The lowest BCUT2D eigenvalue weighted by Crippen LogP contribution is -2.35. The molecule has 0 aromatic heterocycles. The zero-order valence-electron chi connectivity index (χ0n) is 7.66. The van der Waals surface area contributed by atoms with Crippen molar-refractivity contribution in [3.8, 4) is 6.07 Å². The first-order valence-electron chi connectivity index (χ1n) is 4.34. The second kappa shape index (κ2) is 2.90. The lowest BCUT2D eigenvalue weighted by atomic mass is 9.91. The monoisotopic (exact) mass is 176 g/mol. The minimum atomic E-state index is 0.101. The maximum Gasteiger partial charge on any atom is 0.136 e. The van der Waals surface area contributed by atoms with Gasteiger partial charge in [-0.1, -0.05) is 6.58 Å². The van der Waals surface area contributed by atoms with Crippen LogP contribution in [-0.2, 0) is 4.74 Å². The van der Waals surface area contributed by atoms with Crippen LogP contribution in [0.25, 0.3) is 0 Å². The summed E-state index contributed by atoms with van der Waals surface area (Å²) in [4.78, 5) is 1.96. The average molecular weight is 176 g/mol. The number of nitrogens with zero attached hydrogens (tertiary/aromatic N) is 2. The number of hydrogen-bond acceptors (Lipinski definition) is 3. The largest absolute Gasteiger partial charge is 0.354 e. The molecule has 0 radical (unpaired) electrons. The molecule has 68 valence electrons. The Kier molecular flexibility index (Phi) is 1.86. The van der Waals surface area contributed by atoms with Gasteiger partial charge in [-0.3, -0.25) is 0 Å². The Hall–Kier alpha value is -1.27. The predicted octanol–water partition coefficient (Wildman–Crippen LogP) is 1.26. The molecule has 0 aliphatic carbocycles. The summed E-state index contributed by atoms with van der Waals surface area (Å²) in [6.07, 6.45) is 2.74. The van der Waals surface area contributed by atoms with Crippen molar-refractivity contribution in [2.75, 3.05) is 13.7 Å². The summed E-state index contributed by atoms with van der Waals surface area (Å²) >= 11 is 0. The molecule has 3 nitrogen and oxygen atoms in total. The van der Waals surface area contributed by atoms with E-state index in [1.165, 1.54) is 0 Å². The van der Waals surface area contributed by atoms with Crippen molar-refractivity contribution >= 4 is 0 Å². The van der Waals surface area contributed by atoms with Crippen molar-refractivity contribution in [1.82, 2.24) is 4.90 Å². The van der Waals surface area contributed by atoms with Crippen LogP contribution in [0.4, 0.5) is 0 Å². The van der Waals surface area contributed by atoms with E-state index in [0.717, 1.165) is 17.6 Å². The highest BCUT2D eigenvalue weighted by Crippen LogP contribution is 2.35. The van der Waals surface area contributed by atoms with Crippen molar-refractivity contribution in [2.24, 2.45) is 5.92 Å². The van der Waals surface area contributed by atoms with E-state index in [4.69, 9.17) is 10.00 Å². The number of fused-ring (bicyclic) bond motifs is 1. The molecule has 0 bridgehead atoms. The molecule has 2 aliphatic rings. The van der Waals surface area contributed by atoms with Gasteiger partial charge in [-0.15, -0.1) is 0 Å². The summed E-state index contributed by atoms with van der Waals surface area (Å²) < 4.78 is 5.55. The summed E-state index contributed by atoms with van der Waals surface area (Å²) in [5.41, 5.74) is 1.92. The maximum atomic E-state index is 8.80. The normalized spacial score (nSPS) is 32.5. The van der Waals surface area contributed by atoms with E-state index >= 15 is 0 Å². The van der Waals surface area contributed by atoms with E-state index in [0.29, 0.717) is 12.5 Å². The molecule has 0 N–H and O–H groups in total. The van der Waals surface area contributed by atoms with Crippen molar-refractivity contribution in [3.63, 3.8) is 0 Å². The lowest BCUT2D eigenvalue weighted by Gasteiger charge is -2.31. The van der Waals surface area contributed by atoms with Gasteiger partial charge in [-0.25, -0.2) is 0 Å². The summed E-state index contributed by atoms with van der Waals surface area (Å²) in [5.74, 6) is 0.310. The second-order valence-corrected chi connectivity index (χ2v) is 3.60. The van der Waals surface area contributed by atoms with Gasteiger partial charge in [-0.05, 0) is 12.0 Å². The molecule has 0 aromatic carbocycles. The lowest BCUT2D eigenvalue weighted by molar-refractivity contribution is -0.00758. The van der Waals surface area contributed by atoms with Crippen LogP contribution >= 0.6 is 0 Å². The van der Waals surface area contributed by atoms with Gasteiger partial charge in [0.2, 0.25) is 0 Å². The zero-order chi connectivity index (χ0) is 9.42. The highest BCUT2D eigenvalue weighted by molar-refractivity contribution is 5.27. The van der Waals surface area contributed by atoms with Crippen molar-refractivity contribution < 1.29 is 4.74 Å². The molecule has 2 aliphatic heterocycles. The molecule has 0 aromatic rings. The summed E-state index contributed by atoms with van der Waals surface area (Å²) in [6, 6.07) is 2.19. The first-order chi connectivity index (χ1) is 6.22. The minimum absolute atomic E-state index is 0.101. The quantitative estimate of drug-likeness (QED) is 0.521. The third-order valence-corrected chi connectivity index (χ3v) is 2.65. The van der Waals surface area contributed by atoms with Gasteiger partial charge in [-0.2, -0.15) is 5.26 Å². The number of nitriles is 1. The molecule has 13 heavy (non-hydrogen) atoms. The predicted molar refractivity (Wildman–Crippen MR) is 48.4 cm³/mol. The molecule has 1 fully saturated rings. The molecular weight excluding hydrogens is 164 g/mol. The molecule has 3 heteroatoms. The fraction of sp³-hybridized carbons (Fsp3) is 0.500. The smallest absolute Gasteiger partial charge is 0.136 e. The van der Waals surface area contributed by atoms with Crippen molar-refractivity contribution in [3.05, 3.63) is 23.9 Å².